The van der Waals surface area contributed by atoms with Gasteiger partial charge in [-0.1, -0.05) is 29.3 Å². The van der Waals surface area contributed by atoms with Crippen molar-refractivity contribution in [3.63, 3.8) is 0 Å². The molecular formula is C22H26Cl2N4O3. The van der Waals surface area contributed by atoms with Crippen LogP contribution in [0.15, 0.2) is 42.5 Å². The van der Waals surface area contributed by atoms with E-state index in [0.29, 0.717) is 28.8 Å². The molecule has 7 nitrogen and oxygen atoms in total. The monoisotopic (exact) mass is 464 g/mol. The Morgan fingerprint density at radius 1 is 1.00 bits per heavy atom. The molecule has 0 aliphatic carbocycles. The van der Waals surface area contributed by atoms with Crippen LogP contribution in [0.5, 0.6) is 5.75 Å². The van der Waals surface area contributed by atoms with Gasteiger partial charge >= 0.3 is 0 Å². The second-order valence-electron chi connectivity index (χ2n) is 7.38. The van der Waals surface area contributed by atoms with E-state index in [1.807, 2.05) is 29.2 Å². The molecule has 1 aliphatic heterocycles. The van der Waals surface area contributed by atoms with Gasteiger partial charge in [0.05, 0.1) is 35.9 Å². The van der Waals surface area contributed by atoms with E-state index in [9.17, 15) is 9.59 Å². The number of nitrogens with zero attached hydrogens (tertiary/aromatic N) is 3. The maximum Gasteiger partial charge on any atom is 0.238 e. The first kappa shape index (κ1) is 23.2. The summed E-state index contributed by atoms with van der Waals surface area (Å²) in [5, 5.41) is 3.45. The van der Waals surface area contributed by atoms with Crippen LogP contribution in [0.1, 0.15) is 0 Å². The topological polar surface area (TPSA) is 65.1 Å². The van der Waals surface area contributed by atoms with E-state index in [-0.39, 0.29) is 24.9 Å². The molecule has 0 radical (unpaired) electrons. The number of carbonyl (C=O) groups is 2. The fourth-order valence-corrected chi connectivity index (χ4v) is 3.93. The van der Waals surface area contributed by atoms with E-state index >= 15 is 0 Å². The molecule has 0 saturated carbocycles. The highest BCUT2D eigenvalue weighted by Crippen LogP contribution is 2.29. The minimum atomic E-state index is -0.283. The summed E-state index contributed by atoms with van der Waals surface area (Å²) in [5.74, 6) is 0.538. The third-order valence-corrected chi connectivity index (χ3v) is 5.75. The molecule has 1 heterocycles. The van der Waals surface area contributed by atoms with Gasteiger partial charge in [0.15, 0.2) is 0 Å². The molecule has 2 amide bonds. The SMILES string of the molecule is COc1ccc(N2CCN(C(=O)CN(C)CC(=O)Nc3c(Cl)cccc3Cl)CC2)cc1. The smallest absolute Gasteiger partial charge is 0.238 e. The number of likely N-dealkylation sites (N-methyl/N-ethyl adjacent to an activating group) is 1. The van der Waals surface area contributed by atoms with Crippen molar-refractivity contribution in [2.24, 2.45) is 0 Å². The van der Waals surface area contributed by atoms with Crippen LogP contribution >= 0.6 is 23.2 Å². The van der Waals surface area contributed by atoms with E-state index < -0.39 is 0 Å². The molecular weight excluding hydrogens is 439 g/mol. The van der Waals surface area contributed by atoms with Crippen molar-refractivity contribution < 1.29 is 14.3 Å². The maximum atomic E-state index is 12.7. The van der Waals surface area contributed by atoms with Gasteiger partial charge in [-0.2, -0.15) is 0 Å². The van der Waals surface area contributed by atoms with Crippen LogP contribution in [0.3, 0.4) is 0 Å². The van der Waals surface area contributed by atoms with Gasteiger partial charge in [0.1, 0.15) is 5.75 Å². The van der Waals surface area contributed by atoms with Crippen LogP contribution in [0.4, 0.5) is 11.4 Å². The van der Waals surface area contributed by atoms with E-state index in [2.05, 4.69) is 10.2 Å². The highest BCUT2D eigenvalue weighted by molar-refractivity contribution is 6.39. The van der Waals surface area contributed by atoms with E-state index in [4.69, 9.17) is 27.9 Å². The molecule has 0 spiro atoms. The lowest BCUT2D eigenvalue weighted by Gasteiger charge is -2.36. The zero-order chi connectivity index (χ0) is 22.4. The zero-order valence-electron chi connectivity index (χ0n) is 17.6. The average Bonchev–Trinajstić information content (AvgIpc) is 2.76. The molecule has 1 fully saturated rings. The number of benzene rings is 2. The molecule has 0 atom stereocenters. The van der Waals surface area contributed by atoms with Gasteiger partial charge in [0.25, 0.3) is 0 Å². The van der Waals surface area contributed by atoms with Crippen molar-refractivity contribution in [2.45, 2.75) is 0 Å². The summed E-state index contributed by atoms with van der Waals surface area (Å²) in [7, 11) is 3.38. The number of piperazine rings is 1. The lowest BCUT2D eigenvalue weighted by molar-refractivity contribution is -0.132. The maximum absolute atomic E-state index is 12.7. The van der Waals surface area contributed by atoms with Gasteiger partial charge < -0.3 is 19.9 Å². The van der Waals surface area contributed by atoms with Crippen molar-refractivity contribution in [3.8, 4) is 5.75 Å². The second-order valence-corrected chi connectivity index (χ2v) is 8.20. The first-order valence-corrected chi connectivity index (χ1v) is 10.7. The first-order chi connectivity index (χ1) is 14.9. The third-order valence-electron chi connectivity index (χ3n) is 5.12. The summed E-state index contributed by atoms with van der Waals surface area (Å²) in [6.07, 6.45) is 0. The first-order valence-electron chi connectivity index (χ1n) is 9.96. The number of carbonyl (C=O) groups excluding carboxylic acids is 2. The van der Waals surface area contributed by atoms with E-state index in [0.717, 1.165) is 24.5 Å². The highest BCUT2D eigenvalue weighted by Gasteiger charge is 2.23. The van der Waals surface area contributed by atoms with Gasteiger partial charge in [-0.05, 0) is 43.4 Å². The molecule has 3 rings (SSSR count). The van der Waals surface area contributed by atoms with Crippen LogP contribution < -0.4 is 15.0 Å². The third kappa shape index (κ3) is 6.26. The van der Waals surface area contributed by atoms with Crippen molar-refractivity contribution in [1.82, 2.24) is 9.80 Å². The fraction of sp³-hybridized carbons (Fsp3) is 0.364. The summed E-state index contributed by atoms with van der Waals surface area (Å²) in [6.45, 7) is 3.01. The highest BCUT2D eigenvalue weighted by atomic mass is 35.5. The second kappa shape index (κ2) is 10.7. The number of ether oxygens (including phenoxy) is 1. The van der Waals surface area contributed by atoms with Crippen LogP contribution in [-0.4, -0.2) is 75.0 Å². The molecule has 0 bridgehead atoms. The Morgan fingerprint density at radius 2 is 1.61 bits per heavy atom. The van der Waals surface area contributed by atoms with Gasteiger partial charge in [-0.15, -0.1) is 0 Å². The van der Waals surface area contributed by atoms with Crippen LogP contribution in [0.2, 0.25) is 10.0 Å². The Bertz CT molecular complexity index is 895. The predicted molar refractivity (Wildman–Crippen MR) is 124 cm³/mol. The Hall–Kier alpha value is -2.48. The quantitative estimate of drug-likeness (QED) is 0.681. The lowest BCUT2D eigenvalue weighted by atomic mass is 10.2. The number of halogens is 2. The minimum absolute atomic E-state index is 0.000423. The van der Waals surface area contributed by atoms with Gasteiger partial charge in [-0.25, -0.2) is 0 Å². The Labute approximate surface area is 192 Å². The van der Waals surface area contributed by atoms with Crippen molar-refractivity contribution in [1.29, 1.82) is 0 Å². The van der Waals surface area contributed by atoms with Crippen LogP contribution in [0, 0.1) is 0 Å². The molecule has 2 aromatic rings. The molecule has 1 N–H and O–H groups in total. The zero-order valence-corrected chi connectivity index (χ0v) is 19.1. The van der Waals surface area contributed by atoms with Gasteiger partial charge in [-0.3, -0.25) is 14.5 Å². The molecule has 1 saturated heterocycles. The number of hydrogen-bond donors (Lipinski definition) is 1. The normalized spacial score (nSPS) is 14.0. The summed E-state index contributed by atoms with van der Waals surface area (Å²) in [6, 6.07) is 12.9. The molecule has 9 heteroatoms. The summed E-state index contributed by atoms with van der Waals surface area (Å²) in [5.41, 5.74) is 1.49. The molecule has 166 valence electrons. The molecule has 31 heavy (non-hydrogen) atoms. The van der Waals surface area contributed by atoms with Crippen molar-refractivity contribution in [2.75, 3.05) is 63.6 Å². The van der Waals surface area contributed by atoms with E-state index in [1.165, 1.54) is 0 Å². The average molecular weight is 465 g/mol. The van der Waals surface area contributed by atoms with Gasteiger partial charge in [0.2, 0.25) is 11.8 Å². The largest absolute Gasteiger partial charge is 0.497 e. The Morgan fingerprint density at radius 3 is 2.19 bits per heavy atom. The van der Waals surface area contributed by atoms with Gasteiger partial charge in [0, 0.05) is 31.9 Å². The minimum Gasteiger partial charge on any atom is -0.497 e. The molecule has 1 aliphatic rings. The Kier molecular flexibility index (Phi) is 8.01. The molecule has 2 aromatic carbocycles. The number of amides is 2. The fourth-order valence-electron chi connectivity index (χ4n) is 3.44. The number of anilines is 2. The molecule has 0 aromatic heterocycles. The number of methoxy groups -OCH3 is 1. The predicted octanol–water partition coefficient (Wildman–Crippen LogP) is 3.22. The lowest BCUT2D eigenvalue weighted by Crippen LogP contribution is -2.51. The number of para-hydroxylation sites is 1. The molecule has 0 unspecified atom stereocenters. The summed E-state index contributed by atoms with van der Waals surface area (Å²) in [4.78, 5) is 30.7. The number of nitrogens with one attached hydrogen (secondary N) is 1. The van der Waals surface area contributed by atoms with Crippen molar-refractivity contribution in [3.05, 3.63) is 52.5 Å². The standard InChI is InChI=1S/C22H26Cl2N4O3/c1-26(14-20(29)25-22-18(23)4-3-5-19(22)24)15-21(30)28-12-10-27(11-13-28)16-6-8-17(31-2)9-7-16/h3-9H,10-15H2,1-2H3,(H,25,29). The number of rotatable bonds is 7. The van der Waals surface area contributed by atoms with Crippen molar-refractivity contribution >= 4 is 46.4 Å². The van der Waals surface area contributed by atoms with Crippen LogP contribution in [-0.2, 0) is 9.59 Å². The van der Waals surface area contributed by atoms with Crippen LogP contribution in [0.25, 0.3) is 0 Å². The summed E-state index contributed by atoms with van der Waals surface area (Å²) >= 11 is 12.2. The summed E-state index contributed by atoms with van der Waals surface area (Å²) < 4.78 is 5.20. The number of hydrogen-bond acceptors (Lipinski definition) is 5. The Balaban J connectivity index is 1.45. The van der Waals surface area contributed by atoms with E-state index in [1.54, 1.807) is 37.3 Å².